The summed E-state index contributed by atoms with van der Waals surface area (Å²) in [6.07, 6.45) is 0.969. The van der Waals surface area contributed by atoms with Crippen LogP contribution in [-0.2, 0) is 16.0 Å². The van der Waals surface area contributed by atoms with Gasteiger partial charge in [-0.1, -0.05) is 5.21 Å². The number of carbonyl (C=O) groups is 1. The van der Waals surface area contributed by atoms with Crippen molar-refractivity contribution < 1.29 is 9.53 Å². The number of nitrogens with one attached hydrogen (secondary N) is 2. The highest BCUT2D eigenvalue weighted by molar-refractivity contribution is 5.77. The van der Waals surface area contributed by atoms with Gasteiger partial charge in [-0.3, -0.25) is 4.79 Å². The molecule has 0 fully saturated rings. The molecule has 0 aliphatic heterocycles. The van der Waals surface area contributed by atoms with E-state index < -0.39 is 0 Å². The predicted molar refractivity (Wildman–Crippen MR) is 52.0 cm³/mol. The molecule has 15 heavy (non-hydrogen) atoms. The minimum Gasteiger partial charge on any atom is -0.382 e. The average Bonchev–Trinajstić information content (AvgIpc) is 2.70. The Hall–Kier alpha value is -1.50. The van der Waals surface area contributed by atoms with E-state index in [0.717, 1.165) is 6.42 Å². The molecule has 0 spiro atoms. The quantitative estimate of drug-likeness (QED) is 0.583. The third kappa shape index (κ3) is 5.06. The van der Waals surface area contributed by atoms with Crippen molar-refractivity contribution in [2.45, 2.75) is 19.8 Å². The summed E-state index contributed by atoms with van der Waals surface area (Å²) in [7, 11) is 0. The van der Waals surface area contributed by atoms with E-state index in [1.54, 1.807) is 0 Å². The van der Waals surface area contributed by atoms with Gasteiger partial charge < -0.3 is 10.1 Å². The Morgan fingerprint density at radius 2 is 2.47 bits per heavy atom. The van der Waals surface area contributed by atoms with Gasteiger partial charge in [0.05, 0.1) is 6.42 Å². The number of rotatable bonds is 7. The zero-order chi connectivity index (χ0) is 10.9. The Morgan fingerprint density at radius 1 is 1.60 bits per heavy atom. The fraction of sp³-hybridized carbons (Fsp3) is 0.750. The molecule has 7 nitrogen and oxygen atoms in total. The number of carbonyl (C=O) groups excluding carboxylic acids is 1. The standard InChI is InChI=1S/C8H15N5O2/c1-2-15-5-3-4-9-8(14)6-7-10-12-13-11-7/h2-6H2,1H3,(H,9,14)(H,10,11,12,13). The number of hydrogen-bond donors (Lipinski definition) is 2. The first-order valence-corrected chi connectivity index (χ1v) is 4.89. The average molecular weight is 213 g/mol. The van der Waals surface area contributed by atoms with Crippen molar-refractivity contribution in [3.8, 4) is 0 Å². The summed E-state index contributed by atoms with van der Waals surface area (Å²) < 4.78 is 5.13. The van der Waals surface area contributed by atoms with Crippen molar-refractivity contribution in [3.63, 3.8) is 0 Å². The van der Waals surface area contributed by atoms with Crippen molar-refractivity contribution in [2.75, 3.05) is 19.8 Å². The number of aromatic nitrogens is 4. The first-order chi connectivity index (χ1) is 7.33. The van der Waals surface area contributed by atoms with Gasteiger partial charge in [-0.15, -0.1) is 10.2 Å². The van der Waals surface area contributed by atoms with Crippen LogP contribution in [0.1, 0.15) is 19.2 Å². The molecule has 0 saturated carbocycles. The number of ether oxygens (including phenoxy) is 1. The fourth-order valence-corrected chi connectivity index (χ4v) is 1.01. The summed E-state index contributed by atoms with van der Waals surface area (Å²) in [5.74, 6) is 0.296. The van der Waals surface area contributed by atoms with Crippen LogP contribution >= 0.6 is 0 Å². The minimum absolute atomic E-state index is 0.104. The van der Waals surface area contributed by atoms with Crippen LogP contribution in [-0.4, -0.2) is 46.3 Å². The zero-order valence-electron chi connectivity index (χ0n) is 8.69. The molecule has 2 N–H and O–H groups in total. The maximum Gasteiger partial charge on any atom is 0.227 e. The summed E-state index contributed by atoms with van der Waals surface area (Å²) in [6.45, 7) is 3.92. The molecule has 1 aromatic heterocycles. The van der Waals surface area contributed by atoms with Crippen LogP contribution in [0.4, 0.5) is 0 Å². The van der Waals surface area contributed by atoms with Gasteiger partial charge in [-0.2, -0.15) is 5.21 Å². The summed E-state index contributed by atoms with van der Waals surface area (Å²) in [5.41, 5.74) is 0. The van der Waals surface area contributed by atoms with E-state index in [4.69, 9.17) is 4.74 Å². The molecule has 0 aliphatic carbocycles. The number of nitrogens with zero attached hydrogens (tertiary/aromatic N) is 3. The predicted octanol–water partition coefficient (Wildman–Crippen LogP) is -0.715. The van der Waals surface area contributed by atoms with Crippen LogP contribution in [0.2, 0.25) is 0 Å². The SMILES string of the molecule is CCOCCCNC(=O)Cc1nn[nH]n1. The summed E-state index contributed by atoms with van der Waals surface area (Å²) in [4.78, 5) is 11.3. The highest BCUT2D eigenvalue weighted by Crippen LogP contribution is 1.86. The Bertz CT molecular complexity index is 275. The molecule has 1 heterocycles. The van der Waals surface area contributed by atoms with E-state index in [9.17, 15) is 4.79 Å². The van der Waals surface area contributed by atoms with Gasteiger partial charge in [0.2, 0.25) is 5.91 Å². The van der Waals surface area contributed by atoms with E-state index in [1.807, 2.05) is 6.92 Å². The Morgan fingerprint density at radius 3 is 3.13 bits per heavy atom. The Balaban J connectivity index is 2.04. The fourth-order valence-electron chi connectivity index (χ4n) is 1.01. The molecule has 0 radical (unpaired) electrons. The second-order valence-corrected chi connectivity index (χ2v) is 2.91. The van der Waals surface area contributed by atoms with Crippen LogP contribution in [0, 0.1) is 0 Å². The maximum absolute atomic E-state index is 11.3. The van der Waals surface area contributed by atoms with E-state index in [1.165, 1.54) is 0 Å². The number of amides is 1. The molecule has 1 amide bonds. The Labute approximate surface area is 87.6 Å². The van der Waals surface area contributed by atoms with E-state index >= 15 is 0 Å². The van der Waals surface area contributed by atoms with Gasteiger partial charge in [-0.05, 0) is 13.3 Å². The summed E-state index contributed by atoms with van der Waals surface area (Å²) in [5, 5.41) is 15.7. The monoisotopic (exact) mass is 213 g/mol. The van der Waals surface area contributed by atoms with Gasteiger partial charge in [0, 0.05) is 19.8 Å². The number of tetrazole rings is 1. The molecule has 0 atom stereocenters. The Kier molecular flexibility index (Phi) is 5.31. The van der Waals surface area contributed by atoms with Gasteiger partial charge in [-0.25, -0.2) is 0 Å². The third-order valence-electron chi connectivity index (χ3n) is 1.70. The van der Waals surface area contributed by atoms with Crippen molar-refractivity contribution in [3.05, 3.63) is 5.82 Å². The van der Waals surface area contributed by atoms with Crippen LogP contribution in [0.5, 0.6) is 0 Å². The highest BCUT2D eigenvalue weighted by Gasteiger charge is 2.05. The molecule has 84 valence electrons. The summed E-state index contributed by atoms with van der Waals surface area (Å²) >= 11 is 0. The van der Waals surface area contributed by atoms with Gasteiger partial charge in [0.25, 0.3) is 0 Å². The lowest BCUT2D eigenvalue weighted by atomic mass is 10.3. The van der Waals surface area contributed by atoms with Gasteiger partial charge >= 0.3 is 0 Å². The van der Waals surface area contributed by atoms with E-state index in [-0.39, 0.29) is 12.3 Å². The second-order valence-electron chi connectivity index (χ2n) is 2.91. The number of aromatic amines is 1. The second kappa shape index (κ2) is 6.88. The van der Waals surface area contributed by atoms with Crippen LogP contribution in [0.3, 0.4) is 0 Å². The molecule has 0 aliphatic rings. The largest absolute Gasteiger partial charge is 0.382 e. The van der Waals surface area contributed by atoms with Crippen LogP contribution in [0.25, 0.3) is 0 Å². The first-order valence-electron chi connectivity index (χ1n) is 4.89. The summed E-state index contributed by atoms with van der Waals surface area (Å²) in [6, 6.07) is 0. The molecule has 0 saturated heterocycles. The highest BCUT2D eigenvalue weighted by atomic mass is 16.5. The molecular formula is C8H15N5O2. The smallest absolute Gasteiger partial charge is 0.227 e. The zero-order valence-corrected chi connectivity index (χ0v) is 8.69. The first kappa shape index (κ1) is 11.6. The van der Waals surface area contributed by atoms with Crippen molar-refractivity contribution in [2.24, 2.45) is 0 Å². The molecule has 0 aromatic carbocycles. The lowest BCUT2D eigenvalue weighted by Gasteiger charge is -2.03. The van der Waals surface area contributed by atoms with Crippen molar-refractivity contribution in [1.82, 2.24) is 25.9 Å². The van der Waals surface area contributed by atoms with E-state index in [0.29, 0.717) is 25.6 Å². The number of H-pyrrole nitrogens is 1. The van der Waals surface area contributed by atoms with Crippen LogP contribution < -0.4 is 5.32 Å². The molecule has 0 unspecified atom stereocenters. The molecule has 1 rings (SSSR count). The molecule has 0 bridgehead atoms. The van der Waals surface area contributed by atoms with E-state index in [2.05, 4.69) is 25.9 Å². The maximum atomic E-state index is 11.3. The topological polar surface area (TPSA) is 92.8 Å². The molecule has 1 aromatic rings. The molecular weight excluding hydrogens is 198 g/mol. The third-order valence-corrected chi connectivity index (χ3v) is 1.70. The lowest BCUT2D eigenvalue weighted by molar-refractivity contribution is -0.120. The van der Waals surface area contributed by atoms with Crippen molar-refractivity contribution in [1.29, 1.82) is 0 Å². The van der Waals surface area contributed by atoms with Crippen LogP contribution in [0.15, 0.2) is 0 Å². The normalized spacial score (nSPS) is 10.2. The van der Waals surface area contributed by atoms with Gasteiger partial charge in [0.1, 0.15) is 0 Å². The minimum atomic E-state index is -0.104. The van der Waals surface area contributed by atoms with Gasteiger partial charge in [0.15, 0.2) is 5.82 Å². The number of hydrogen-bond acceptors (Lipinski definition) is 5. The lowest BCUT2D eigenvalue weighted by Crippen LogP contribution is -2.27. The molecule has 7 heteroatoms. The van der Waals surface area contributed by atoms with Crippen molar-refractivity contribution >= 4 is 5.91 Å².